The molecule has 0 fully saturated rings. The monoisotopic (exact) mass is 337 g/mol. The van der Waals surface area contributed by atoms with Gasteiger partial charge in [0.15, 0.2) is 0 Å². The third kappa shape index (κ3) is 3.03. The average Bonchev–Trinajstić information content (AvgIpc) is 2.42. The van der Waals surface area contributed by atoms with Crippen LogP contribution in [0.15, 0.2) is 46.9 Å². The molecule has 0 bridgehead atoms. The van der Waals surface area contributed by atoms with Gasteiger partial charge in [-0.3, -0.25) is 4.79 Å². The summed E-state index contributed by atoms with van der Waals surface area (Å²) in [5, 5.41) is 11.4. The molecule has 1 amide bonds. The molecular formula is C14H9BrFNO3. The van der Waals surface area contributed by atoms with Crippen molar-refractivity contribution in [1.29, 1.82) is 0 Å². The fraction of sp³-hybridized carbons (Fsp3) is 0. The summed E-state index contributed by atoms with van der Waals surface area (Å²) >= 11 is 3.00. The molecule has 0 aliphatic rings. The molecule has 0 aliphatic heterocycles. The molecule has 0 atom stereocenters. The van der Waals surface area contributed by atoms with Crippen molar-refractivity contribution >= 4 is 33.5 Å². The van der Waals surface area contributed by atoms with Crippen LogP contribution in [0.5, 0.6) is 0 Å². The Morgan fingerprint density at radius 2 is 1.85 bits per heavy atom. The van der Waals surface area contributed by atoms with E-state index in [1.807, 2.05) is 0 Å². The molecule has 0 heterocycles. The number of aromatic carboxylic acids is 1. The summed E-state index contributed by atoms with van der Waals surface area (Å²) in [6, 6.07) is 9.92. The highest BCUT2D eigenvalue weighted by molar-refractivity contribution is 9.10. The molecule has 102 valence electrons. The summed E-state index contributed by atoms with van der Waals surface area (Å²) < 4.78 is 13.4. The van der Waals surface area contributed by atoms with E-state index in [2.05, 4.69) is 21.2 Å². The number of halogens is 2. The van der Waals surface area contributed by atoms with E-state index in [0.717, 1.165) is 0 Å². The molecule has 0 radical (unpaired) electrons. The predicted octanol–water partition coefficient (Wildman–Crippen LogP) is 3.54. The fourth-order valence-electron chi connectivity index (χ4n) is 1.61. The Kier molecular flexibility index (Phi) is 4.14. The third-order valence-corrected chi connectivity index (χ3v) is 3.37. The van der Waals surface area contributed by atoms with Crippen molar-refractivity contribution in [2.24, 2.45) is 0 Å². The smallest absolute Gasteiger partial charge is 0.335 e. The van der Waals surface area contributed by atoms with Crippen LogP contribution in [0, 0.1) is 5.82 Å². The number of nitrogens with one attached hydrogen (secondary N) is 1. The molecule has 6 heteroatoms. The van der Waals surface area contributed by atoms with E-state index in [1.165, 1.54) is 36.4 Å². The molecule has 0 aliphatic carbocycles. The Hall–Kier alpha value is -2.21. The van der Waals surface area contributed by atoms with Gasteiger partial charge < -0.3 is 10.4 Å². The second-order valence-corrected chi connectivity index (χ2v) is 4.73. The van der Waals surface area contributed by atoms with Crippen molar-refractivity contribution in [3.8, 4) is 0 Å². The SMILES string of the molecule is O=C(O)c1cccc(NC(=O)c2cccc(F)c2Br)c1. The summed E-state index contributed by atoms with van der Waals surface area (Å²) in [5.41, 5.74) is 0.512. The number of benzene rings is 2. The first-order chi connectivity index (χ1) is 9.49. The zero-order valence-electron chi connectivity index (χ0n) is 10.1. The van der Waals surface area contributed by atoms with Gasteiger partial charge in [-0.2, -0.15) is 0 Å². The predicted molar refractivity (Wildman–Crippen MR) is 75.5 cm³/mol. The van der Waals surface area contributed by atoms with E-state index in [4.69, 9.17) is 5.11 Å². The Labute approximate surface area is 122 Å². The van der Waals surface area contributed by atoms with Gasteiger partial charge in [-0.25, -0.2) is 9.18 Å². The summed E-state index contributed by atoms with van der Waals surface area (Å²) in [7, 11) is 0. The molecule has 2 N–H and O–H groups in total. The average molecular weight is 338 g/mol. The summed E-state index contributed by atoms with van der Waals surface area (Å²) in [4.78, 5) is 22.9. The lowest BCUT2D eigenvalue weighted by Gasteiger charge is -2.08. The maximum absolute atomic E-state index is 13.3. The van der Waals surface area contributed by atoms with Gasteiger partial charge in [-0.15, -0.1) is 0 Å². The molecule has 2 aromatic carbocycles. The van der Waals surface area contributed by atoms with Gasteiger partial charge in [-0.1, -0.05) is 12.1 Å². The highest BCUT2D eigenvalue weighted by atomic mass is 79.9. The van der Waals surface area contributed by atoms with Crippen LogP contribution in [-0.2, 0) is 0 Å². The first-order valence-electron chi connectivity index (χ1n) is 5.58. The van der Waals surface area contributed by atoms with Crippen LogP contribution in [0.4, 0.5) is 10.1 Å². The summed E-state index contributed by atoms with van der Waals surface area (Å²) in [5.74, 6) is -2.16. The van der Waals surface area contributed by atoms with Gasteiger partial charge in [0.05, 0.1) is 15.6 Å². The fourth-order valence-corrected chi connectivity index (χ4v) is 2.05. The minimum Gasteiger partial charge on any atom is -0.478 e. The minimum absolute atomic E-state index is 0.0566. The molecule has 0 aromatic heterocycles. The molecule has 20 heavy (non-hydrogen) atoms. The van der Waals surface area contributed by atoms with E-state index in [-0.39, 0.29) is 15.6 Å². The number of hydrogen-bond acceptors (Lipinski definition) is 2. The van der Waals surface area contributed by atoms with Crippen molar-refractivity contribution in [3.63, 3.8) is 0 Å². The van der Waals surface area contributed by atoms with Crippen molar-refractivity contribution in [1.82, 2.24) is 0 Å². The van der Waals surface area contributed by atoms with Gasteiger partial charge in [-0.05, 0) is 46.3 Å². The Bertz CT molecular complexity index is 688. The maximum Gasteiger partial charge on any atom is 0.335 e. The van der Waals surface area contributed by atoms with Gasteiger partial charge in [0.1, 0.15) is 5.82 Å². The lowest BCUT2D eigenvalue weighted by molar-refractivity contribution is 0.0696. The number of carboxylic acids is 1. The van der Waals surface area contributed by atoms with E-state index < -0.39 is 17.7 Å². The molecule has 0 saturated heterocycles. The van der Waals surface area contributed by atoms with Gasteiger partial charge >= 0.3 is 5.97 Å². The summed E-state index contributed by atoms with van der Waals surface area (Å²) in [6.45, 7) is 0. The molecule has 0 spiro atoms. The molecular weight excluding hydrogens is 329 g/mol. The van der Waals surface area contributed by atoms with Gasteiger partial charge in [0, 0.05) is 5.69 Å². The molecule has 0 saturated carbocycles. The second kappa shape index (κ2) is 5.83. The number of anilines is 1. The molecule has 2 aromatic rings. The molecule has 2 rings (SSSR count). The number of carboxylic acid groups (broad SMARTS) is 1. The van der Waals surface area contributed by atoms with Crippen molar-refractivity contribution in [3.05, 3.63) is 63.9 Å². The zero-order valence-corrected chi connectivity index (χ0v) is 11.6. The number of rotatable bonds is 3. The summed E-state index contributed by atoms with van der Waals surface area (Å²) in [6.07, 6.45) is 0. The van der Waals surface area contributed by atoms with Crippen LogP contribution in [0.3, 0.4) is 0 Å². The lowest BCUT2D eigenvalue weighted by atomic mass is 10.1. The maximum atomic E-state index is 13.3. The van der Waals surface area contributed by atoms with E-state index in [1.54, 1.807) is 6.07 Å². The third-order valence-electron chi connectivity index (χ3n) is 2.56. The highest BCUT2D eigenvalue weighted by Gasteiger charge is 2.13. The normalized spacial score (nSPS) is 10.1. The van der Waals surface area contributed by atoms with E-state index in [9.17, 15) is 14.0 Å². The zero-order chi connectivity index (χ0) is 14.7. The van der Waals surface area contributed by atoms with Crippen LogP contribution < -0.4 is 5.32 Å². The quantitative estimate of drug-likeness (QED) is 0.900. The standard InChI is InChI=1S/C14H9BrFNO3/c15-12-10(5-2-6-11(12)16)13(18)17-9-4-1-3-8(7-9)14(19)20/h1-7H,(H,17,18)(H,19,20). The lowest BCUT2D eigenvalue weighted by Crippen LogP contribution is -2.13. The first-order valence-corrected chi connectivity index (χ1v) is 6.37. The number of carbonyl (C=O) groups excluding carboxylic acids is 1. The van der Waals surface area contributed by atoms with Crippen LogP contribution >= 0.6 is 15.9 Å². The largest absolute Gasteiger partial charge is 0.478 e. The Morgan fingerprint density at radius 1 is 1.15 bits per heavy atom. The van der Waals surface area contributed by atoms with Crippen LogP contribution in [0.1, 0.15) is 20.7 Å². The highest BCUT2D eigenvalue weighted by Crippen LogP contribution is 2.21. The van der Waals surface area contributed by atoms with Gasteiger partial charge in [0.25, 0.3) is 5.91 Å². The second-order valence-electron chi connectivity index (χ2n) is 3.94. The van der Waals surface area contributed by atoms with Gasteiger partial charge in [0.2, 0.25) is 0 Å². The molecule has 4 nitrogen and oxygen atoms in total. The van der Waals surface area contributed by atoms with Crippen LogP contribution in [0.25, 0.3) is 0 Å². The number of amides is 1. The first kappa shape index (κ1) is 14.2. The number of carbonyl (C=O) groups is 2. The molecule has 0 unspecified atom stereocenters. The van der Waals surface area contributed by atoms with E-state index in [0.29, 0.717) is 5.69 Å². The Balaban J connectivity index is 2.26. The van der Waals surface area contributed by atoms with Crippen molar-refractivity contribution in [2.45, 2.75) is 0 Å². The minimum atomic E-state index is -1.09. The van der Waals surface area contributed by atoms with Crippen molar-refractivity contribution in [2.75, 3.05) is 5.32 Å². The van der Waals surface area contributed by atoms with E-state index >= 15 is 0 Å². The Morgan fingerprint density at radius 3 is 2.55 bits per heavy atom. The number of hydrogen-bond donors (Lipinski definition) is 2. The van der Waals surface area contributed by atoms with Crippen LogP contribution in [-0.4, -0.2) is 17.0 Å². The topological polar surface area (TPSA) is 66.4 Å². The van der Waals surface area contributed by atoms with Crippen molar-refractivity contribution < 1.29 is 19.1 Å². The van der Waals surface area contributed by atoms with Crippen LogP contribution in [0.2, 0.25) is 0 Å².